The minimum atomic E-state index is -3.95. The first kappa shape index (κ1) is 16.3. The summed E-state index contributed by atoms with van der Waals surface area (Å²) < 4.78 is 49.6. The van der Waals surface area contributed by atoms with Gasteiger partial charge in [-0.1, -0.05) is 23.7 Å². The molecule has 3 rings (SSSR count). The van der Waals surface area contributed by atoms with Crippen LogP contribution in [0.5, 0.6) is 0 Å². The van der Waals surface area contributed by atoms with Crippen LogP contribution in [-0.2, 0) is 20.0 Å². The summed E-state index contributed by atoms with van der Waals surface area (Å²) in [6.45, 7) is 0. The van der Waals surface area contributed by atoms with Gasteiger partial charge in [0.05, 0.1) is 21.1 Å². The lowest BCUT2D eigenvalue weighted by Gasteiger charge is -2.07. The maximum Gasteiger partial charge on any atom is 0.271 e. The summed E-state index contributed by atoms with van der Waals surface area (Å²) in [4.78, 5) is 2.64. The van der Waals surface area contributed by atoms with Gasteiger partial charge in [-0.05, 0) is 12.1 Å². The first-order valence-corrected chi connectivity index (χ1v) is 10.4. The Morgan fingerprint density at radius 1 is 1.22 bits per heavy atom. The molecule has 2 heterocycles. The summed E-state index contributed by atoms with van der Waals surface area (Å²) in [7, 11) is -7.90. The van der Waals surface area contributed by atoms with Crippen LogP contribution < -0.4 is 9.86 Å². The van der Waals surface area contributed by atoms with Crippen LogP contribution in [-0.4, -0.2) is 21.8 Å². The molecular weight excluding hydrogens is 382 g/mol. The van der Waals surface area contributed by atoms with E-state index in [0.717, 1.165) is 17.4 Å². The Morgan fingerprint density at radius 3 is 2.61 bits per heavy atom. The van der Waals surface area contributed by atoms with Crippen LogP contribution in [0, 0.1) is 0 Å². The molecule has 0 bridgehead atoms. The van der Waals surface area contributed by atoms with Crippen LogP contribution >= 0.6 is 22.9 Å². The maximum absolute atomic E-state index is 12.4. The van der Waals surface area contributed by atoms with Crippen LogP contribution in [0.1, 0.15) is 0 Å². The van der Waals surface area contributed by atoms with Crippen LogP contribution in [0.3, 0.4) is 0 Å². The van der Waals surface area contributed by atoms with Gasteiger partial charge < -0.3 is 4.98 Å². The second-order valence-corrected chi connectivity index (χ2v) is 9.41. The van der Waals surface area contributed by atoms with Crippen LogP contribution in [0.2, 0.25) is 5.02 Å². The zero-order valence-electron chi connectivity index (χ0n) is 11.3. The van der Waals surface area contributed by atoms with Crippen molar-refractivity contribution in [1.29, 1.82) is 0 Å². The van der Waals surface area contributed by atoms with Crippen molar-refractivity contribution in [3.63, 3.8) is 0 Å². The molecule has 7 nitrogen and oxygen atoms in total. The Hall–Kier alpha value is -1.59. The number of rotatable bonds is 4. The average molecular weight is 392 g/mol. The highest BCUT2D eigenvalue weighted by atomic mass is 35.5. The maximum atomic E-state index is 12.4. The van der Waals surface area contributed by atoms with Gasteiger partial charge in [-0.2, -0.15) is 0 Å². The van der Waals surface area contributed by atoms with E-state index in [1.165, 1.54) is 5.38 Å². The normalized spacial score (nSPS) is 12.6. The number of H-pyrrole nitrogens is 1. The number of sulfonamides is 2. The number of anilines is 1. The largest absolute Gasteiger partial charge is 0.358 e. The molecule has 0 unspecified atom stereocenters. The molecule has 0 radical (unpaired) electrons. The van der Waals surface area contributed by atoms with Gasteiger partial charge in [0.25, 0.3) is 10.0 Å². The number of halogens is 1. The van der Waals surface area contributed by atoms with E-state index in [4.69, 9.17) is 16.7 Å². The Bertz CT molecular complexity index is 1100. The number of aromatic nitrogens is 1. The number of hydrogen-bond donors (Lipinski definition) is 3. The molecule has 4 N–H and O–H groups in total. The second-order valence-electron chi connectivity index (χ2n) is 4.62. The van der Waals surface area contributed by atoms with E-state index in [2.05, 4.69) is 9.71 Å². The predicted octanol–water partition coefficient (Wildman–Crippen LogP) is 2.33. The summed E-state index contributed by atoms with van der Waals surface area (Å²) in [5.41, 5.74) is 0.837. The van der Waals surface area contributed by atoms with Crippen molar-refractivity contribution in [3.05, 3.63) is 40.9 Å². The highest BCUT2D eigenvalue weighted by molar-refractivity contribution is 7.95. The van der Waals surface area contributed by atoms with Gasteiger partial charge in [-0.3, -0.25) is 4.72 Å². The molecule has 11 heteroatoms. The van der Waals surface area contributed by atoms with Gasteiger partial charge in [0.15, 0.2) is 0 Å². The first-order chi connectivity index (χ1) is 10.7. The summed E-state index contributed by atoms with van der Waals surface area (Å²) in [6, 6.07) is 5.99. The Labute approximate surface area is 141 Å². The number of nitrogens with one attached hydrogen (secondary N) is 2. The van der Waals surface area contributed by atoms with E-state index in [1.54, 1.807) is 24.4 Å². The molecule has 0 aliphatic carbocycles. The van der Waals surface area contributed by atoms with Crippen molar-refractivity contribution in [2.45, 2.75) is 9.10 Å². The van der Waals surface area contributed by atoms with E-state index in [9.17, 15) is 16.8 Å². The zero-order valence-corrected chi connectivity index (χ0v) is 14.5. The lowest BCUT2D eigenvalue weighted by molar-refractivity contribution is 0.598. The number of thiophene rings is 1. The third-order valence-electron chi connectivity index (χ3n) is 3.05. The summed E-state index contributed by atoms with van der Waals surface area (Å²) in [5, 5.41) is 7.30. The number of para-hydroxylation sites is 1. The highest BCUT2D eigenvalue weighted by Crippen LogP contribution is 2.31. The standard InChI is InChI=1S/C12H10ClN3O4S3/c13-9-5-15-12-8(9)2-1-3-10(12)16-23(19,20)11-4-7(6-21-11)22(14,17)18/h1-6,15-16H,(H2,14,17,18). The summed E-state index contributed by atoms with van der Waals surface area (Å²) in [5.74, 6) is 0. The van der Waals surface area contributed by atoms with Gasteiger partial charge in [0.1, 0.15) is 4.21 Å². The second kappa shape index (κ2) is 5.49. The van der Waals surface area contributed by atoms with Crippen LogP contribution in [0.25, 0.3) is 10.9 Å². The van der Waals surface area contributed by atoms with Crippen molar-refractivity contribution in [1.82, 2.24) is 4.98 Å². The van der Waals surface area contributed by atoms with Crippen LogP contribution in [0.4, 0.5) is 5.69 Å². The molecule has 0 fully saturated rings. The van der Waals surface area contributed by atoms with Crippen molar-refractivity contribution in [2.24, 2.45) is 5.14 Å². The smallest absolute Gasteiger partial charge is 0.271 e. The molecule has 0 saturated carbocycles. The fourth-order valence-electron chi connectivity index (χ4n) is 1.99. The molecule has 0 saturated heterocycles. The van der Waals surface area contributed by atoms with Crippen LogP contribution in [0.15, 0.2) is 44.9 Å². The topological polar surface area (TPSA) is 122 Å². The molecule has 0 atom stereocenters. The lowest BCUT2D eigenvalue weighted by atomic mass is 10.2. The average Bonchev–Trinajstić information content (AvgIpc) is 3.07. The molecule has 23 heavy (non-hydrogen) atoms. The Balaban J connectivity index is 2.02. The van der Waals surface area contributed by atoms with Gasteiger partial charge in [0.2, 0.25) is 10.0 Å². The Kier molecular flexibility index (Phi) is 3.89. The molecule has 1 aromatic carbocycles. The number of nitrogens with two attached hydrogens (primary N) is 1. The first-order valence-electron chi connectivity index (χ1n) is 6.08. The molecule has 2 aromatic heterocycles. The van der Waals surface area contributed by atoms with E-state index in [0.29, 0.717) is 21.6 Å². The highest BCUT2D eigenvalue weighted by Gasteiger charge is 2.21. The molecular formula is C12H10ClN3O4S3. The molecule has 0 aliphatic heterocycles. The van der Waals surface area contributed by atoms with E-state index in [-0.39, 0.29) is 9.10 Å². The number of aromatic amines is 1. The molecule has 3 aromatic rings. The minimum Gasteiger partial charge on any atom is -0.358 e. The van der Waals surface area contributed by atoms with Gasteiger partial charge in [-0.25, -0.2) is 22.0 Å². The van der Waals surface area contributed by atoms with E-state index in [1.807, 2.05) is 0 Å². The van der Waals surface area contributed by atoms with Crippen molar-refractivity contribution < 1.29 is 16.8 Å². The Morgan fingerprint density at radius 2 is 1.96 bits per heavy atom. The van der Waals surface area contributed by atoms with Crippen molar-refractivity contribution >= 4 is 59.6 Å². The zero-order chi connectivity index (χ0) is 16.8. The van der Waals surface area contributed by atoms with Gasteiger partial charge >= 0.3 is 0 Å². The number of benzene rings is 1. The van der Waals surface area contributed by atoms with Gasteiger partial charge in [-0.15, -0.1) is 11.3 Å². The monoisotopic (exact) mass is 391 g/mol. The third-order valence-corrected chi connectivity index (χ3v) is 7.21. The summed E-state index contributed by atoms with van der Waals surface area (Å²) >= 11 is 6.77. The number of primary sulfonamides is 1. The molecule has 0 amide bonds. The quantitative estimate of drug-likeness (QED) is 0.631. The molecule has 122 valence electrons. The van der Waals surface area contributed by atoms with Crippen molar-refractivity contribution in [2.75, 3.05) is 4.72 Å². The van der Waals surface area contributed by atoms with E-state index < -0.39 is 20.0 Å². The lowest BCUT2D eigenvalue weighted by Crippen LogP contribution is -2.13. The van der Waals surface area contributed by atoms with Gasteiger partial charge in [0, 0.05) is 17.0 Å². The number of fused-ring (bicyclic) bond motifs is 1. The fraction of sp³-hybridized carbons (Fsp3) is 0. The van der Waals surface area contributed by atoms with E-state index >= 15 is 0 Å². The SMILES string of the molecule is NS(=O)(=O)c1csc(S(=O)(=O)Nc2cccc3c(Cl)c[nH]c23)c1. The third kappa shape index (κ3) is 3.08. The summed E-state index contributed by atoms with van der Waals surface area (Å²) in [6.07, 6.45) is 1.55. The molecule has 0 aliphatic rings. The predicted molar refractivity (Wildman–Crippen MR) is 89.8 cm³/mol. The minimum absolute atomic E-state index is 0.156. The number of hydrogen-bond acceptors (Lipinski definition) is 5. The molecule has 0 spiro atoms. The van der Waals surface area contributed by atoms with Crippen molar-refractivity contribution in [3.8, 4) is 0 Å². The fourth-order valence-corrected chi connectivity index (χ4v) is 5.43.